The molecule has 6 N–H and O–H groups in total. The van der Waals surface area contributed by atoms with E-state index in [1.807, 2.05) is 6.08 Å². The third-order valence-corrected chi connectivity index (χ3v) is 17.7. The van der Waals surface area contributed by atoms with Crippen molar-refractivity contribution in [3.63, 3.8) is 0 Å². The van der Waals surface area contributed by atoms with Gasteiger partial charge in [0.2, 0.25) is 5.91 Å². The molecule has 1 aliphatic heterocycles. The first-order chi connectivity index (χ1) is 45.2. The highest BCUT2D eigenvalue weighted by atomic mass is 16.7. The first-order valence-corrected chi connectivity index (χ1v) is 38.5. The number of hydrogen-bond acceptors (Lipinski definition) is 10. The van der Waals surface area contributed by atoms with Gasteiger partial charge in [-0.1, -0.05) is 330 Å². The molecule has 11 heteroatoms. The lowest BCUT2D eigenvalue weighted by molar-refractivity contribution is -0.305. The van der Waals surface area contributed by atoms with E-state index in [1.165, 1.54) is 186 Å². The minimum Gasteiger partial charge on any atom is -0.454 e. The summed E-state index contributed by atoms with van der Waals surface area (Å²) in [5.41, 5.74) is 0. The topological polar surface area (TPSA) is 175 Å². The SMILES string of the molecule is CC/C=C\C/C=C\C/C=C\C/C=C\C/C=C\C/C=C\CCCCCCCC(O)C(=O)NC(COC1OC(CO)C(O)C(O)C1OC(=O)CCCCCCCCCCCCCCCCCCC/C=C/CCCCCCCC)C(O)/C=C/CCCCCCCCCCCC. The molecule has 0 saturated carbocycles. The molecule has 0 radical (unpaired) electrons. The number of carbonyl (C=O) groups is 2. The van der Waals surface area contributed by atoms with Gasteiger partial charge in [-0.2, -0.15) is 0 Å². The van der Waals surface area contributed by atoms with Crippen LogP contribution in [0.4, 0.5) is 0 Å². The second kappa shape index (κ2) is 67.6. The van der Waals surface area contributed by atoms with Crippen LogP contribution in [-0.2, 0) is 23.8 Å². The maximum absolute atomic E-state index is 13.5. The molecule has 1 fully saturated rings. The molecule has 1 aliphatic rings. The van der Waals surface area contributed by atoms with Crippen LogP contribution < -0.4 is 5.32 Å². The zero-order valence-corrected chi connectivity index (χ0v) is 59.4. The number of ether oxygens (including phenoxy) is 3. The molecule has 92 heavy (non-hydrogen) atoms. The van der Waals surface area contributed by atoms with Crippen LogP contribution in [0.1, 0.15) is 342 Å². The van der Waals surface area contributed by atoms with E-state index in [-0.39, 0.29) is 19.4 Å². The molecule has 1 saturated heterocycles. The van der Waals surface area contributed by atoms with Crippen molar-refractivity contribution in [1.82, 2.24) is 5.32 Å². The van der Waals surface area contributed by atoms with Crippen LogP contribution in [0.2, 0.25) is 0 Å². The summed E-state index contributed by atoms with van der Waals surface area (Å²) in [6.07, 6.45) is 81.7. The number of unbranched alkanes of at least 4 members (excludes halogenated alkanes) is 38. The van der Waals surface area contributed by atoms with Gasteiger partial charge >= 0.3 is 5.97 Å². The number of aliphatic hydroxyl groups is 5. The van der Waals surface area contributed by atoms with Crippen LogP contribution in [0, 0.1) is 0 Å². The molecule has 8 unspecified atom stereocenters. The number of carbonyl (C=O) groups excluding carboxylic acids is 2. The molecular formula is C81H143NO10. The van der Waals surface area contributed by atoms with Crippen molar-refractivity contribution in [2.24, 2.45) is 0 Å². The lowest BCUT2D eigenvalue weighted by Crippen LogP contribution is -2.61. The zero-order chi connectivity index (χ0) is 66.7. The largest absolute Gasteiger partial charge is 0.454 e. The quantitative estimate of drug-likeness (QED) is 0.0195. The Labute approximate surface area is 565 Å². The Morgan fingerprint density at radius 2 is 0.783 bits per heavy atom. The predicted octanol–water partition coefficient (Wildman–Crippen LogP) is 20.6. The number of rotatable bonds is 66. The summed E-state index contributed by atoms with van der Waals surface area (Å²) in [5.74, 6) is -1.20. The van der Waals surface area contributed by atoms with Crippen molar-refractivity contribution in [2.75, 3.05) is 13.2 Å². The third-order valence-electron chi connectivity index (χ3n) is 17.7. The van der Waals surface area contributed by atoms with Gasteiger partial charge in [0.1, 0.15) is 24.4 Å². The summed E-state index contributed by atoms with van der Waals surface area (Å²) in [5, 5.41) is 57.4. The number of nitrogens with one attached hydrogen (secondary N) is 1. The van der Waals surface area contributed by atoms with E-state index in [0.29, 0.717) is 12.8 Å². The van der Waals surface area contributed by atoms with Crippen molar-refractivity contribution >= 4 is 11.9 Å². The Kier molecular flexibility index (Phi) is 63.6. The molecular weight excluding hydrogens is 1150 g/mol. The Morgan fingerprint density at radius 1 is 0.435 bits per heavy atom. The number of allylic oxidation sites excluding steroid dienone is 15. The first kappa shape index (κ1) is 86.6. The van der Waals surface area contributed by atoms with E-state index in [9.17, 15) is 35.1 Å². The second-order valence-corrected chi connectivity index (χ2v) is 26.4. The molecule has 0 aliphatic carbocycles. The summed E-state index contributed by atoms with van der Waals surface area (Å²) < 4.78 is 17.7. The number of esters is 1. The van der Waals surface area contributed by atoms with Gasteiger partial charge in [0.25, 0.3) is 0 Å². The van der Waals surface area contributed by atoms with E-state index in [4.69, 9.17) is 14.2 Å². The summed E-state index contributed by atoms with van der Waals surface area (Å²) in [6, 6.07) is -1.04. The number of aliphatic hydroxyl groups excluding tert-OH is 5. The van der Waals surface area contributed by atoms with Gasteiger partial charge < -0.3 is 45.1 Å². The van der Waals surface area contributed by atoms with Crippen LogP contribution in [0.25, 0.3) is 0 Å². The predicted molar refractivity (Wildman–Crippen MR) is 389 cm³/mol. The maximum atomic E-state index is 13.5. The number of hydrogen-bond donors (Lipinski definition) is 6. The highest BCUT2D eigenvalue weighted by Gasteiger charge is 2.47. The fraction of sp³-hybridized carbons (Fsp3) is 0.778. The molecule has 0 aromatic heterocycles. The summed E-state index contributed by atoms with van der Waals surface area (Å²) in [7, 11) is 0. The summed E-state index contributed by atoms with van der Waals surface area (Å²) >= 11 is 0. The Hall–Kier alpha value is -3.42. The van der Waals surface area contributed by atoms with E-state index >= 15 is 0 Å². The van der Waals surface area contributed by atoms with Crippen molar-refractivity contribution < 1.29 is 49.3 Å². The molecule has 0 spiro atoms. The molecule has 1 heterocycles. The smallest absolute Gasteiger partial charge is 0.306 e. The van der Waals surface area contributed by atoms with Crippen molar-refractivity contribution in [3.05, 3.63) is 97.2 Å². The lowest BCUT2D eigenvalue weighted by atomic mass is 9.99. The molecule has 8 atom stereocenters. The van der Waals surface area contributed by atoms with E-state index < -0.39 is 67.4 Å². The van der Waals surface area contributed by atoms with Crippen LogP contribution >= 0.6 is 0 Å². The molecule has 0 aromatic rings. The molecule has 0 aromatic carbocycles. The maximum Gasteiger partial charge on any atom is 0.306 e. The fourth-order valence-electron chi connectivity index (χ4n) is 11.7. The molecule has 11 nitrogen and oxygen atoms in total. The standard InChI is InChI=1S/C81H143NO10/c1-4-7-10-13-16-19-22-25-27-29-31-33-35-37-38-39-41-43-45-47-49-51-54-57-60-63-66-69-76(86)92-79-78(88)77(87)75(70-83)91-81(79)90-71-72(73(84)67-64-61-58-55-52-24-21-18-15-12-9-6-3)82-80(89)74(85)68-65-62-59-56-53-50-48-46-44-42-40-36-34-32-30-28-26-23-20-17-14-11-8-5-2/h8,11,17,20,25-28,32,34,40,42,46,48,64,67,72-75,77-79,81,83-85,87-88H,4-7,9-10,12-16,18-19,21-24,29-31,33,35-39,41,43-45,47,49-63,65-66,68-71H2,1-3H3,(H,82,89)/b11-8-,20-17-,27-25+,28-26-,34-32-,42-40-,48-46-,67-64+. The van der Waals surface area contributed by atoms with Crippen LogP contribution in [-0.4, -0.2) is 99.6 Å². The highest BCUT2D eigenvalue weighted by molar-refractivity contribution is 5.80. The van der Waals surface area contributed by atoms with Gasteiger partial charge in [-0.05, 0) is 103 Å². The van der Waals surface area contributed by atoms with E-state index in [1.54, 1.807) is 6.08 Å². The summed E-state index contributed by atoms with van der Waals surface area (Å²) in [6.45, 7) is 5.70. The average molecular weight is 1290 g/mol. The van der Waals surface area contributed by atoms with Crippen molar-refractivity contribution in [1.29, 1.82) is 0 Å². The Balaban J connectivity index is 2.53. The van der Waals surface area contributed by atoms with Crippen LogP contribution in [0.15, 0.2) is 97.2 Å². The first-order valence-electron chi connectivity index (χ1n) is 38.5. The normalized spacial score (nSPS) is 18.5. The fourth-order valence-corrected chi connectivity index (χ4v) is 11.7. The van der Waals surface area contributed by atoms with Crippen LogP contribution in [0.5, 0.6) is 0 Å². The minimum absolute atomic E-state index is 0.121. The third kappa shape index (κ3) is 53.8. The van der Waals surface area contributed by atoms with Crippen molar-refractivity contribution in [2.45, 2.75) is 391 Å². The number of amides is 1. The molecule has 0 bridgehead atoms. The minimum atomic E-state index is -1.62. The van der Waals surface area contributed by atoms with Gasteiger partial charge in [0, 0.05) is 6.42 Å². The van der Waals surface area contributed by atoms with E-state index in [2.05, 4.69) is 111 Å². The van der Waals surface area contributed by atoms with Gasteiger partial charge in [0.15, 0.2) is 12.4 Å². The van der Waals surface area contributed by atoms with Gasteiger partial charge in [-0.15, -0.1) is 0 Å². The van der Waals surface area contributed by atoms with Gasteiger partial charge in [-0.3, -0.25) is 9.59 Å². The van der Waals surface area contributed by atoms with Gasteiger partial charge in [0.05, 0.1) is 25.4 Å². The molecule has 1 amide bonds. The Morgan fingerprint density at radius 3 is 1.18 bits per heavy atom. The zero-order valence-electron chi connectivity index (χ0n) is 59.4. The van der Waals surface area contributed by atoms with Crippen molar-refractivity contribution in [3.8, 4) is 0 Å². The second-order valence-electron chi connectivity index (χ2n) is 26.4. The summed E-state index contributed by atoms with van der Waals surface area (Å²) in [4.78, 5) is 26.7. The highest BCUT2D eigenvalue weighted by Crippen LogP contribution is 2.26. The monoisotopic (exact) mass is 1290 g/mol. The van der Waals surface area contributed by atoms with Crippen LogP contribution in [0.3, 0.4) is 0 Å². The Bertz CT molecular complexity index is 1870. The molecule has 1 rings (SSSR count). The molecule has 532 valence electrons. The lowest BCUT2D eigenvalue weighted by Gasteiger charge is -2.41. The van der Waals surface area contributed by atoms with Gasteiger partial charge in [-0.25, -0.2) is 0 Å². The van der Waals surface area contributed by atoms with E-state index in [0.717, 1.165) is 109 Å². The average Bonchev–Trinajstić information content (AvgIpc) is 0.928.